The minimum absolute atomic E-state index is 0.0272. The number of ether oxygens (including phenoxy) is 2. The van der Waals surface area contributed by atoms with E-state index in [1.165, 1.54) is 19.6 Å². The molecule has 1 heterocycles. The second kappa shape index (κ2) is 11.8. The summed E-state index contributed by atoms with van der Waals surface area (Å²) in [5.74, 6) is -1.02. The van der Waals surface area contributed by atoms with Gasteiger partial charge in [0.15, 0.2) is 11.2 Å². The maximum absolute atomic E-state index is 13.7. The van der Waals surface area contributed by atoms with Crippen molar-refractivity contribution in [2.45, 2.75) is 44.6 Å². The predicted molar refractivity (Wildman–Crippen MR) is 125 cm³/mol. The van der Waals surface area contributed by atoms with Gasteiger partial charge in [0.25, 0.3) is 0 Å². The third kappa shape index (κ3) is 6.29. The summed E-state index contributed by atoms with van der Waals surface area (Å²) in [6, 6.07) is 19.3. The first-order valence-electron chi connectivity index (χ1n) is 11.5. The van der Waals surface area contributed by atoms with Crippen LogP contribution in [0.1, 0.15) is 43.7 Å². The Morgan fingerprint density at radius 1 is 0.970 bits per heavy atom. The predicted octanol–water partition coefficient (Wildman–Crippen LogP) is 3.92. The summed E-state index contributed by atoms with van der Waals surface area (Å²) in [6.45, 7) is 4.02. The summed E-state index contributed by atoms with van der Waals surface area (Å²) in [5, 5.41) is 0. The Hall–Kier alpha value is -2.99. The second-order valence-corrected chi connectivity index (χ2v) is 8.69. The van der Waals surface area contributed by atoms with Crippen LogP contribution >= 0.6 is 0 Å². The van der Waals surface area contributed by atoms with Gasteiger partial charge in [-0.25, -0.2) is 0 Å². The van der Waals surface area contributed by atoms with Crippen molar-refractivity contribution in [3.05, 3.63) is 71.8 Å². The molecule has 2 aromatic carbocycles. The molecule has 0 radical (unpaired) electrons. The third-order valence-corrected chi connectivity index (χ3v) is 6.49. The Kier molecular flexibility index (Phi) is 8.78. The van der Waals surface area contributed by atoms with Crippen molar-refractivity contribution >= 4 is 17.7 Å². The summed E-state index contributed by atoms with van der Waals surface area (Å²) < 4.78 is 10.2. The molecule has 2 aromatic rings. The Bertz CT molecular complexity index is 922. The van der Waals surface area contributed by atoms with E-state index in [-0.39, 0.29) is 24.7 Å². The summed E-state index contributed by atoms with van der Waals surface area (Å²) in [6.07, 6.45) is 2.15. The Labute approximate surface area is 195 Å². The van der Waals surface area contributed by atoms with E-state index < -0.39 is 17.4 Å². The Morgan fingerprint density at radius 3 is 2.15 bits per heavy atom. The molecule has 6 nitrogen and oxygen atoms in total. The molecule has 0 aliphatic carbocycles. The van der Waals surface area contributed by atoms with Gasteiger partial charge in [-0.05, 0) is 43.0 Å². The number of hydrogen-bond donors (Lipinski definition) is 0. The van der Waals surface area contributed by atoms with Gasteiger partial charge in [-0.15, -0.1) is 0 Å². The van der Waals surface area contributed by atoms with Crippen LogP contribution in [0.25, 0.3) is 0 Å². The highest BCUT2D eigenvalue weighted by atomic mass is 16.5. The van der Waals surface area contributed by atoms with Gasteiger partial charge in [0, 0.05) is 26.3 Å². The first-order chi connectivity index (χ1) is 16.0. The van der Waals surface area contributed by atoms with Crippen LogP contribution in [0.3, 0.4) is 0 Å². The minimum Gasteiger partial charge on any atom is -0.468 e. The molecule has 0 N–H and O–H groups in total. The van der Waals surface area contributed by atoms with Crippen molar-refractivity contribution in [3.63, 3.8) is 0 Å². The van der Waals surface area contributed by atoms with Gasteiger partial charge in [-0.2, -0.15) is 0 Å². The highest BCUT2D eigenvalue weighted by molar-refractivity contribution is 6.09. The summed E-state index contributed by atoms with van der Waals surface area (Å²) in [5.41, 5.74) is 0.383. The largest absolute Gasteiger partial charge is 0.468 e. The summed E-state index contributed by atoms with van der Waals surface area (Å²) >= 11 is 0. The number of carbonyl (C=O) groups is 3. The van der Waals surface area contributed by atoms with Crippen LogP contribution in [0.5, 0.6) is 0 Å². The number of likely N-dealkylation sites (tertiary alicyclic amines) is 1. The topological polar surface area (TPSA) is 72.9 Å². The van der Waals surface area contributed by atoms with E-state index in [9.17, 15) is 14.4 Å². The molecule has 6 heteroatoms. The molecule has 3 rings (SSSR count). The fraction of sp³-hybridized carbons (Fsp3) is 0.444. The molecule has 1 atom stereocenters. The van der Waals surface area contributed by atoms with E-state index in [1.807, 2.05) is 24.3 Å². The Balaban J connectivity index is 1.72. The number of esters is 2. The zero-order valence-electron chi connectivity index (χ0n) is 19.5. The number of methoxy groups -OCH3 is 1. The van der Waals surface area contributed by atoms with Crippen molar-refractivity contribution in [3.8, 4) is 0 Å². The smallest absolute Gasteiger partial charge is 0.324 e. The van der Waals surface area contributed by atoms with Crippen LogP contribution in [0.4, 0.5) is 0 Å². The summed E-state index contributed by atoms with van der Waals surface area (Å²) in [4.78, 5) is 40.5. The van der Waals surface area contributed by atoms with Crippen molar-refractivity contribution < 1.29 is 23.9 Å². The van der Waals surface area contributed by atoms with Gasteiger partial charge in [0.2, 0.25) is 0 Å². The van der Waals surface area contributed by atoms with Crippen LogP contribution in [0.15, 0.2) is 60.7 Å². The number of rotatable bonds is 10. The van der Waals surface area contributed by atoms with Crippen molar-refractivity contribution in [2.75, 3.05) is 26.8 Å². The standard InChI is InChI=1S/C27H33NO5/c1-21(29)33-18-15-27(26(31)32-2,24-11-7-4-8-12-24)25(30)19-22-13-16-28(17-14-22)20-23-9-5-3-6-10-23/h3-12,22H,13-20H2,1-2H3. The van der Waals surface area contributed by atoms with E-state index in [4.69, 9.17) is 9.47 Å². The Morgan fingerprint density at radius 2 is 1.58 bits per heavy atom. The zero-order chi connectivity index (χ0) is 23.7. The maximum atomic E-state index is 13.7. The van der Waals surface area contributed by atoms with Gasteiger partial charge in [-0.1, -0.05) is 60.7 Å². The molecule has 0 saturated carbocycles. The minimum atomic E-state index is -1.48. The van der Waals surface area contributed by atoms with Gasteiger partial charge in [0.05, 0.1) is 13.7 Å². The van der Waals surface area contributed by atoms with E-state index in [1.54, 1.807) is 24.3 Å². The lowest BCUT2D eigenvalue weighted by Crippen LogP contribution is -2.47. The van der Waals surface area contributed by atoms with Crippen molar-refractivity contribution in [2.24, 2.45) is 5.92 Å². The highest BCUT2D eigenvalue weighted by Gasteiger charge is 2.48. The number of benzene rings is 2. The second-order valence-electron chi connectivity index (χ2n) is 8.69. The molecular weight excluding hydrogens is 418 g/mol. The lowest BCUT2D eigenvalue weighted by Gasteiger charge is -2.35. The van der Waals surface area contributed by atoms with Gasteiger partial charge < -0.3 is 9.47 Å². The molecule has 0 aromatic heterocycles. The molecule has 1 aliphatic heterocycles. The van der Waals surface area contributed by atoms with Gasteiger partial charge in [0.1, 0.15) is 0 Å². The number of Topliss-reactive ketones (excluding diaryl/α,β-unsaturated/α-hetero) is 1. The molecular formula is C27H33NO5. The maximum Gasteiger partial charge on any atom is 0.324 e. The highest BCUT2D eigenvalue weighted by Crippen LogP contribution is 2.35. The lowest BCUT2D eigenvalue weighted by atomic mass is 9.71. The molecule has 0 amide bonds. The fourth-order valence-electron chi connectivity index (χ4n) is 4.65. The first-order valence-corrected chi connectivity index (χ1v) is 11.5. The van der Waals surface area contributed by atoms with Crippen LogP contribution in [-0.2, 0) is 35.8 Å². The van der Waals surface area contributed by atoms with Gasteiger partial charge >= 0.3 is 11.9 Å². The van der Waals surface area contributed by atoms with Crippen LogP contribution in [0, 0.1) is 5.92 Å². The fourth-order valence-corrected chi connectivity index (χ4v) is 4.65. The number of ketones is 1. The van der Waals surface area contributed by atoms with Gasteiger partial charge in [-0.3, -0.25) is 19.3 Å². The zero-order valence-corrected chi connectivity index (χ0v) is 19.5. The molecule has 176 valence electrons. The molecule has 33 heavy (non-hydrogen) atoms. The summed E-state index contributed by atoms with van der Waals surface area (Å²) in [7, 11) is 1.29. The number of carbonyl (C=O) groups excluding carboxylic acids is 3. The number of piperidine rings is 1. The normalized spacial score (nSPS) is 16.5. The average Bonchev–Trinajstić information content (AvgIpc) is 2.83. The molecule has 0 bridgehead atoms. The van der Waals surface area contributed by atoms with Crippen molar-refractivity contribution in [1.29, 1.82) is 0 Å². The van der Waals surface area contributed by atoms with E-state index in [0.717, 1.165) is 32.5 Å². The third-order valence-electron chi connectivity index (χ3n) is 6.49. The SMILES string of the molecule is COC(=O)C(CCOC(C)=O)(C(=O)CC1CCN(Cc2ccccc2)CC1)c1ccccc1. The monoisotopic (exact) mass is 451 g/mol. The lowest BCUT2D eigenvalue weighted by molar-refractivity contribution is -0.155. The number of hydrogen-bond acceptors (Lipinski definition) is 6. The van der Waals surface area contributed by atoms with E-state index >= 15 is 0 Å². The van der Waals surface area contributed by atoms with E-state index in [2.05, 4.69) is 17.0 Å². The number of nitrogens with zero attached hydrogens (tertiary/aromatic N) is 1. The average molecular weight is 452 g/mol. The van der Waals surface area contributed by atoms with E-state index in [0.29, 0.717) is 12.0 Å². The first kappa shape index (κ1) is 24.6. The molecule has 1 saturated heterocycles. The molecule has 0 spiro atoms. The molecule has 1 fully saturated rings. The van der Waals surface area contributed by atoms with Crippen LogP contribution in [-0.4, -0.2) is 49.4 Å². The van der Waals surface area contributed by atoms with Crippen LogP contribution < -0.4 is 0 Å². The molecule has 1 aliphatic rings. The van der Waals surface area contributed by atoms with Crippen molar-refractivity contribution in [1.82, 2.24) is 4.90 Å². The molecule has 1 unspecified atom stereocenters. The quantitative estimate of drug-likeness (QED) is 0.403. The van der Waals surface area contributed by atoms with Crippen LogP contribution in [0.2, 0.25) is 0 Å².